The number of hydrogen-bond acceptors (Lipinski definition) is 6. The first-order valence-corrected chi connectivity index (χ1v) is 10.6. The third-order valence-electron chi connectivity index (χ3n) is 4.84. The largest absolute Gasteiger partial charge is 0.483 e. The Morgan fingerprint density at radius 2 is 1.91 bits per heavy atom. The van der Waals surface area contributed by atoms with E-state index in [1.165, 1.54) is 24.4 Å². The third kappa shape index (κ3) is 8.10. The molecule has 3 rings (SSSR count). The summed E-state index contributed by atoms with van der Waals surface area (Å²) in [6, 6.07) is 10.6. The van der Waals surface area contributed by atoms with Crippen molar-refractivity contribution in [1.82, 2.24) is 10.7 Å². The molecule has 186 valence electrons. The van der Waals surface area contributed by atoms with Gasteiger partial charge >= 0.3 is 18.0 Å². The Morgan fingerprint density at radius 1 is 1.11 bits per heavy atom. The van der Waals surface area contributed by atoms with Crippen LogP contribution in [0.25, 0.3) is 0 Å². The Balaban J connectivity index is 1.49. The van der Waals surface area contributed by atoms with Crippen LogP contribution >= 0.6 is 0 Å². The zero-order valence-corrected chi connectivity index (χ0v) is 18.4. The first kappa shape index (κ1) is 25.7. The lowest BCUT2D eigenvalue weighted by Crippen LogP contribution is -2.41. The van der Waals surface area contributed by atoms with E-state index < -0.39 is 36.1 Å². The van der Waals surface area contributed by atoms with E-state index in [0.29, 0.717) is 12.2 Å². The number of alkyl halides is 3. The molecule has 1 heterocycles. The molecule has 3 N–H and O–H groups in total. The van der Waals surface area contributed by atoms with Gasteiger partial charge in [-0.1, -0.05) is 18.2 Å². The highest BCUT2D eigenvalue weighted by Crippen LogP contribution is 2.30. The number of benzene rings is 2. The zero-order chi connectivity index (χ0) is 25.3. The molecule has 0 aromatic heterocycles. The van der Waals surface area contributed by atoms with Crippen molar-refractivity contribution in [3.63, 3.8) is 0 Å². The highest BCUT2D eigenvalue weighted by molar-refractivity contribution is 6.35. The third-order valence-corrected chi connectivity index (χ3v) is 4.84. The quantitative estimate of drug-likeness (QED) is 0.297. The first-order valence-electron chi connectivity index (χ1n) is 10.6. The van der Waals surface area contributed by atoms with Gasteiger partial charge in [-0.25, -0.2) is 5.43 Å². The number of carbonyl (C=O) groups excluding carboxylic acids is 3. The number of anilines is 1. The van der Waals surface area contributed by atoms with Gasteiger partial charge in [0.25, 0.3) is 5.91 Å². The molecule has 1 atom stereocenters. The standard InChI is InChI=1S/C23H23F3N4O5/c24-23(25,26)16-6-3-7-17(11-16)29-20(31)14-35-19-9-2-1-5-15(19)12-28-30-22(33)21(32)27-13-18-8-4-10-34-18/h1-3,5-7,9,11-12,18H,4,8,10,13-14H2,(H,27,32)(H,29,31)(H,30,33)/b28-12-/t18-/m1/s1. The summed E-state index contributed by atoms with van der Waals surface area (Å²) in [4.78, 5) is 35.8. The Labute approximate surface area is 198 Å². The average molecular weight is 492 g/mol. The Bertz CT molecular complexity index is 1080. The lowest BCUT2D eigenvalue weighted by atomic mass is 10.2. The van der Waals surface area contributed by atoms with Crippen molar-refractivity contribution < 1.29 is 37.0 Å². The second-order valence-electron chi connectivity index (χ2n) is 7.50. The number of ether oxygens (including phenoxy) is 2. The molecule has 1 fully saturated rings. The maximum Gasteiger partial charge on any atom is 0.416 e. The minimum Gasteiger partial charge on any atom is -0.483 e. The van der Waals surface area contributed by atoms with Crippen LogP contribution in [0.3, 0.4) is 0 Å². The van der Waals surface area contributed by atoms with E-state index >= 15 is 0 Å². The molecule has 0 bridgehead atoms. The predicted molar refractivity (Wildman–Crippen MR) is 120 cm³/mol. The van der Waals surface area contributed by atoms with Crippen molar-refractivity contribution in [1.29, 1.82) is 0 Å². The molecule has 0 radical (unpaired) electrons. The second kappa shape index (κ2) is 12.0. The first-order chi connectivity index (χ1) is 16.7. The molecule has 2 aromatic rings. The van der Waals surface area contributed by atoms with Gasteiger partial charge in [0.1, 0.15) is 5.75 Å². The van der Waals surface area contributed by atoms with Crippen LogP contribution in [-0.2, 0) is 25.3 Å². The van der Waals surface area contributed by atoms with Gasteiger partial charge in [0.15, 0.2) is 6.61 Å². The monoisotopic (exact) mass is 492 g/mol. The Morgan fingerprint density at radius 3 is 2.66 bits per heavy atom. The van der Waals surface area contributed by atoms with Crippen LogP contribution in [0.4, 0.5) is 18.9 Å². The number of hydrazone groups is 1. The number of nitrogens with one attached hydrogen (secondary N) is 3. The summed E-state index contributed by atoms with van der Waals surface area (Å²) in [6.45, 7) is 0.375. The summed E-state index contributed by atoms with van der Waals surface area (Å²) in [5.41, 5.74) is 1.57. The van der Waals surface area contributed by atoms with Gasteiger partial charge in [-0.15, -0.1) is 0 Å². The number of amides is 3. The molecule has 2 aromatic carbocycles. The van der Waals surface area contributed by atoms with Crippen LogP contribution in [0.1, 0.15) is 24.0 Å². The van der Waals surface area contributed by atoms with Gasteiger partial charge in [0, 0.05) is 24.4 Å². The van der Waals surface area contributed by atoms with Crippen molar-refractivity contribution in [3.05, 3.63) is 59.7 Å². The van der Waals surface area contributed by atoms with E-state index in [9.17, 15) is 27.6 Å². The van der Waals surface area contributed by atoms with Gasteiger partial charge in [-0.3, -0.25) is 14.4 Å². The number of carbonyl (C=O) groups is 3. The highest BCUT2D eigenvalue weighted by Gasteiger charge is 2.30. The molecule has 0 saturated carbocycles. The SMILES string of the molecule is O=C(COc1ccccc1/C=N\NC(=O)C(=O)NC[C@H]1CCCO1)Nc1cccc(C(F)(F)F)c1. The van der Waals surface area contributed by atoms with Crippen molar-refractivity contribution in [2.75, 3.05) is 25.1 Å². The highest BCUT2D eigenvalue weighted by atomic mass is 19.4. The molecule has 1 aliphatic heterocycles. The maximum absolute atomic E-state index is 12.8. The van der Waals surface area contributed by atoms with Gasteiger partial charge < -0.3 is 20.1 Å². The summed E-state index contributed by atoms with van der Waals surface area (Å²) in [7, 11) is 0. The maximum atomic E-state index is 12.8. The minimum absolute atomic E-state index is 0.0243. The number of nitrogens with zero attached hydrogens (tertiary/aromatic N) is 1. The van der Waals surface area contributed by atoms with Gasteiger partial charge in [0.2, 0.25) is 0 Å². The van der Waals surface area contributed by atoms with E-state index in [-0.39, 0.29) is 24.1 Å². The summed E-state index contributed by atoms with van der Waals surface area (Å²) >= 11 is 0. The van der Waals surface area contributed by atoms with Gasteiger partial charge in [-0.2, -0.15) is 18.3 Å². The van der Waals surface area contributed by atoms with E-state index in [1.54, 1.807) is 18.2 Å². The Hall–Kier alpha value is -3.93. The second-order valence-corrected chi connectivity index (χ2v) is 7.50. The molecule has 0 spiro atoms. The summed E-state index contributed by atoms with van der Waals surface area (Å²) < 4.78 is 49.2. The molecule has 0 aliphatic carbocycles. The van der Waals surface area contributed by atoms with E-state index in [0.717, 1.165) is 25.0 Å². The normalized spacial score (nSPS) is 15.6. The summed E-state index contributed by atoms with van der Waals surface area (Å²) in [6.07, 6.45) is -1.69. The molecule has 0 unspecified atom stereocenters. The number of hydrogen-bond donors (Lipinski definition) is 3. The van der Waals surface area contributed by atoms with Gasteiger partial charge in [-0.05, 0) is 43.2 Å². The molecule has 9 nitrogen and oxygen atoms in total. The van der Waals surface area contributed by atoms with E-state index in [4.69, 9.17) is 9.47 Å². The number of rotatable bonds is 8. The van der Waals surface area contributed by atoms with Crippen molar-refractivity contribution >= 4 is 29.6 Å². The van der Waals surface area contributed by atoms with Crippen LogP contribution < -0.4 is 20.8 Å². The molecule has 1 aliphatic rings. The summed E-state index contributed by atoms with van der Waals surface area (Å²) in [5.74, 6) is -2.26. The predicted octanol–water partition coefficient (Wildman–Crippen LogP) is 2.47. The lowest BCUT2D eigenvalue weighted by Gasteiger charge is -2.11. The Kier molecular flexibility index (Phi) is 8.79. The van der Waals surface area contributed by atoms with E-state index in [2.05, 4.69) is 21.2 Å². The molecule has 3 amide bonds. The van der Waals surface area contributed by atoms with Crippen molar-refractivity contribution in [3.8, 4) is 5.75 Å². The van der Waals surface area contributed by atoms with Crippen LogP contribution in [0.5, 0.6) is 5.75 Å². The van der Waals surface area contributed by atoms with Crippen molar-refractivity contribution in [2.45, 2.75) is 25.1 Å². The van der Waals surface area contributed by atoms with Gasteiger partial charge in [0.05, 0.1) is 17.9 Å². The number of halogens is 3. The molecule has 12 heteroatoms. The van der Waals surface area contributed by atoms with Crippen molar-refractivity contribution in [2.24, 2.45) is 5.10 Å². The minimum atomic E-state index is -4.53. The topological polar surface area (TPSA) is 118 Å². The zero-order valence-electron chi connectivity index (χ0n) is 18.4. The number of para-hydroxylation sites is 1. The molecular formula is C23H23F3N4O5. The lowest BCUT2D eigenvalue weighted by molar-refractivity contribution is -0.139. The molecule has 1 saturated heterocycles. The van der Waals surface area contributed by atoms with Crippen LogP contribution in [0.2, 0.25) is 0 Å². The molecule has 35 heavy (non-hydrogen) atoms. The molecular weight excluding hydrogens is 469 g/mol. The van der Waals surface area contributed by atoms with E-state index in [1.807, 2.05) is 0 Å². The van der Waals surface area contributed by atoms with Crippen LogP contribution in [0.15, 0.2) is 53.6 Å². The van der Waals surface area contributed by atoms with Crippen LogP contribution in [-0.4, -0.2) is 49.8 Å². The average Bonchev–Trinajstić information content (AvgIpc) is 3.35. The van der Waals surface area contributed by atoms with Crippen LogP contribution in [0, 0.1) is 0 Å². The fourth-order valence-electron chi connectivity index (χ4n) is 3.14. The summed E-state index contributed by atoms with van der Waals surface area (Å²) in [5, 5.41) is 8.53. The fourth-order valence-corrected chi connectivity index (χ4v) is 3.14. The smallest absolute Gasteiger partial charge is 0.416 e. The fraction of sp³-hybridized carbons (Fsp3) is 0.304.